The third kappa shape index (κ3) is 4.82. The lowest BCUT2D eigenvalue weighted by Crippen LogP contribution is -2.57. The molecule has 0 saturated carbocycles. The normalized spacial score (nSPS) is 28.0. The van der Waals surface area contributed by atoms with Crippen LogP contribution in [0, 0.1) is 25.7 Å². The van der Waals surface area contributed by atoms with Crippen LogP contribution < -0.4 is 10.6 Å². The number of aliphatic hydroxyl groups excluding tert-OH is 1. The molecule has 2 bridgehead atoms. The minimum Gasteiger partial charge on any atom is -0.394 e. The average molecular weight is 582 g/mol. The molecule has 0 radical (unpaired) electrons. The molecule has 8 heteroatoms. The molecule has 0 aliphatic carbocycles. The summed E-state index contributed by atoms with van der Waals surface area (Å²) in [7, 11) is 0. The van der Waals surface area contributed by atoms with Gasteiger partial charge in [0.25, 0.3) is 0 Å². The number of benzene rings is 3. The Kier molecular flexibility index (Phi) is 7.60. The number of carbonyl (C=O) groups excluding carboxylic acids is 3. The van der Waals surface area contributed by atoms with Crippen LogP contribution in [-0.4, -0.2) is 57.6 Å². The molecule has 3 heterocycles. The average Bonchev–Trinajstić information content (AvgIpc) is 3.62. The third-order valence-corrected chi connectivity index (χ3v) is 9.76. The molecule has 43 heavy (non-hydrogen) atoms. The van der Waals surface area contributed by atoms with Crippen molar-refractivity contribution in [2.45, 2.75) is 69.7 Å². The molecule has 3 saturated heterocycles. The first-order chi connectivity index (χ1) is 20.7. The van der Waals surface area contributed by atoms with Gasteiger partial charge in [-0.3, -0.25) is 14.4 Å². The van der Waals surface area contributed by atoms with Crippen molar-refractivity contribution in [1.29, 1.82) is 0 Å². The van der Waals surface area contributed by atoms with Crippen molar-refractivity contribution in [1.82, 2.24) is 4.90 Å². The van der Waals surface area contributed by atoms with Gasteiger partial charge in [0.05, 0.1) is 30.1 Å². The summed E-state index contributed by atoms with van der Waals surface area (Å²) in [4.78, 5) is 44.6. The van der Waals surface area contributed by atoms with Gasteiger partial charge < -0.3 is 25.4 Å². The molecule has 0 aromatic heterocycles. The van der Waals surface area contributed by atoms with Crippen molar-refractivity contribution in [2.24, 2.45) is 11.8 Å². The summed E-state index contributed by atoms with van der Waals surface area (Å²) in [6.45, 7) is 5.52. The number of carbonyl (C=O) groups is 3. The maximum absolute atomic E-state index is 14.7. The minimum absolute atomic E-state index is 0.285. The number of hydrogen-bond donors (Lipinski definition) is 3. The fraction of sp³-hybridized carbons (Fsp3) is 0.400. The Morgan fingerprint density at radius 2 is 1.67 bits per heavy atom. The monoisotopic (exact) mass is 581 g/mol. The number of likely N-dealkylation sites (tertiary alicyclic amines) is 1. The third-order valence-electron chi connectivity index (χ3n) is 9.76. The number of ether oxygens (including phenoxy) is 1. The Bertz CT molecular complexity index is 1530. The van der Waals surface area contributed by atoms with Crippen LogP contribution in [0.4, 0.5) is 11.4 Å². The van der Waals surface area contributed by atoms with E-state index in [1.54, 1.807) is 0 Å². The van der Waals surface area contributed by atoms with Crippen LogP contribution in [0.3, 0.4) is 0 Å². The number of nitrogens with one attached hydrogen (secondary N) is 2. The minimum atomic E-state index is -1.20. The molecule has 6 atom stereocenters. The van der Waals surface area contributed by atoms with Gasteiger partial charge >= 0.3 is 0 Å². The van der Waals surface area contributed by atoms with Crippen molar-refractivity contribution in [3.63, 3.8) is 0 Å². The second kappa shape index (κ2) is 11.2. The van der Waals surface area contributed by atoms with E-state index < -0.39 is 35.1 Å². The first-order valence-electron chi connectivity index (χ1n) is 15.1. The first-order valence-corrected chi connectivity index (χ1v) is 15.1. The van der Waals surface area contributed by atoms with Crippen molar-refractivity contribution in [3.05, 3.63) is 95.6 Å². The molecule has 2 unspecified atom stereocenters. The largest absolute Gasteiger partial charge is 0.394 e. The van der Waals surface area contributed by atoms with Crippen molar-refractivity contribution >= 4 is 29.1 Å². The molecule has 8 nitrogen and oxygen atoms in total. The van der Waals surface area contributed by atoms with E-state index in [-0.39, 0.29) is 24.3 Å². The summed E-state index contributed by atoms with van der Waals surface area (Å²) in [6.07, 6.45) is 1.92. The molecule has 3 fully saturated rings. The van der Waals surface area contributed by atoms with Gasteiger partial charge in [-0.15, -0.1) is 0 Å². The molecule has 3 amide bonds. The lowest BCUT2D eigenvalue weighted by molar-refractivity contribution is -0.148. The molecule has 6 rings (SSSR count). The number of fused-ring (bicyclic) bond motifs is 1. The Morgan fingerprint density at radius 3 is 2.35 bits per heavy atom. The molecule has 3 aliphatic rings. The van der Waals surface area contributed by atoms with Crippen LogP contribution in [0.1, 0.15) is 42.9 Å². The predicted molar refractivity (Wildman–Crippen MR) is 164 cm³/mol. The fourth-order valence-electron chi connectivity index (χ4n) is 7.70. The van der Waals surface area contributed by atoms with Crippen LogP contribution in [0.25, 0.3) is 0 Å². The van der Waals surface area contributed by atoms with Gasteiger partial charge in [-0.25, -0.2) is 0 Å². The highest BCUT2D eigenvalue weighted by atomic mass is 16.5. The Labute approximate surface area is 252 Å². The van der Waals surface area contributed by atoms with Gasteiger partial charge in [-0.05, 0) is 74.4 Å². The van der Waals surface area contributed by atoms with Gasteiger partial charge in [0.2, 0.25) is 17.7 Å². The van der Waals surface area contributed by atoms with Crippen molar-refractivity contribution in [2.75, 3.05) is 17.2 Å². The number of rotatable bonds is 9. The summed E-state index contributed by atoms with van der Waals surface area (Å²) >= 11 is 0. The zero-order valence-corrected chi connectivity index (χ0v) is 24.9. The number of anilines is 2. The van der Waals surface area contributed by atoms with Crippen LogP contribution in [0.2, 0.25) is 0 Å². The van der Waals surface area contributed by atoms with E-state index >= 15 is 0 Å². The van der Waals surface area contributed by atoms with E-state index in [1.165, 1.54) is 4.90 Å². The van der Waals surface area contributed by atoms with Gasteiger partial charge in [0.15, 0.2) is 0 Å². The first kappa shape index (κ1) is 29.1. The van der Waals surface area contributed by atoms with Crippen LogP contribution in [0.5, 0.6) is 0 Å². The number of nitrogens with zero attached hydrogens (tertiary/aromatic N) is 1. The summed E-state index contributed by atoms with van der Waals surface area (Å²) < 4.78 is 6.90. The van der Waals surface area contributed by atoms with E-state index in [9.17, 15) is 19.5 Å². The summed E-state index contributed by atoms with van der Waals surface area (Å²) in [5.74, 6) is -2.61. The topological polar surface area (TPSA) is 108 Å². The SMILES string of the molecule is CC[C@]12CCC3(O1)C(C(=O)Nc1cc(C)ccc1C)N([C@@H](CO)Cc1ccccc1)C(=O)[C@@H]3[C@H]2C(=O)Nc1ccccc1. The zero-order chi connectivity index (χ0) is 30.4. The van der Waals surface area contributed by atoms with Gasteiger partial charge in [0, 0.05) is 11.4 Å². The van der Waals surface area contributed by atoms with Crippen molar-refractivity contribution in [3.8, 4) is 0 Å². The van der Waals surface area contributed by atoms with Crippen molar-refractivity contribution < 1.29 is 24.2 Å². The quantitative estimate of drug-likeness (QED) is 0.341. The lowest BCUT2D eigenvalue weighted by Gasteiger charge is -2.37. The number of amides is 3. The molecule has 224 valence electrons. The second-order valence-corrected chi connectivity index (χ2v) is 12.3. The van der Waals surface area contributed by atoms with Crippen LogP contribution >= 0.6 is 0 Å². The van der Waals surface area contributed by atoms with E-state index in [0.29, 0.717) is 37.1 Å². The standard InChI is InChI=1S/C35H39N3O5/c1-4-34-17-18-35(43-34)29(28(34)31(40)36-25-13-9-6-10-14-25)33(42)38(26(21-39)20-24-11-7-5-8-12-24)30(35)32(41)37-27-19-22(2)15-16-23(27)3/h5-16,19,26,28-30,39H,4,17-18,20-21H2,1-3H3,(H,36,40)(H,37,41)/t26-,28+,29+,30?,34-,35?/m1/s1. The molecule has 3 aliphatic heterocycles. The Morgan fingerprint density at radius 1 is 0.977 bits per heavy atom. The summed E-state index contributed by atoms with van der Waals surface area (Å²) in [5, 5.41) is 16.8. The van der Waals surface area contributed by atoms with E-state index in [4.69, 9.17) is 4.74 Å². The molecule has 3 aromatic rings. The Hall–Kier alpha value is -4.01. The predicted octanol–water partition coefficient (Wildman–Crippen LogP) is 4.64. The maximum atomic E-state index is 14.7. The van der Waals surface area contributed by atoms with Gasteiger partial charge in [-0.2, -0.15) is 0 Å². The summed E-state index contributed by atoms with van der Waals surface area (Å²) in [6, 6.07) is 22.9. The van der Waals surface area contributed by atoms with Crippen LogP contribution in [0.15, 0.2) is 78.9 Å². The molecule has 1 spiro atoms. The molecular weight excluding hydrogens is 542 g/mol. The summed E-state index contributed by atoms with van der Waals surface area (Å²) in [5.41, 5.74) is 2.07. The highest BCUT2D eigenvalue weighted by molar-refractivity contribution is 6.05. The number of aryl methyl sites for hydroxylation is 2. The van der Waals surface area contributed by atoms with E-state index in [2.05, 4.69) is 10.6 Å². The lowest BCUT2D eigenvalue weighted by atomic mass is 9.65. The maximum Gasteiger partial charge on any atom is 0.250 e. The van der Waals surface area contributed by atoms with E-state index in [0.717, 1.165) is 16.7 Å². The van der Waals surface area contributed by atoms with E-state index in [1.807, 2.05) is 99.6 Å². The fourth-order valence-corrected chi connectivity index (χ4v) is 7.70. The molecular formula is C35H39N3O5. The highest BCUT2D eigenvalue weighted by Crippen LogP contribution is 2.64. The smallest absolute Gasteiger partial charge is 0.250 e. The molecule has 3 aromatic carbocycles. The Balaban J connectivity index is 1.43. The van der Waals surface area contributed by atoms with Gasteiger partial charge in [0.1, 0.15) is 11.6 Å². The molecule has 3 N–H and O–H groups in total. The second-order valence-electron chi connectivity index (χ2n) is 12.3. The number of para-hydroxylation sites is 1. The highest BCUT2D eigenvalue weighted by Gasteiger charge is 2.79. The number of aliphatic hydroxyl groups is 1. The van der Waals surface area contributed by atoms with Gasteiger partial charge in [-0.1, -0.05) is 67.6 Å². The zero-order valence-electron chi connectivity index (χ0n) is 24.9. The number of hydrogen-bond acceptors (Lipinski definition) is 5. The van der Waals surface area contributed by atoms with Crippen LogP contribution in [-0.2, 0) is 25.5 Å².